The molecule has 4 nitrogen and oxygen atoms in total. The molecular formula is C17H14FNO3. The van der Waals surface area contributed by atoms with Crippen molar-refractivity contribution in [1.29, 1.82) is 0 Å². The first-order valence-corrected chi connectivity index (χ1v) is 6.90. The molecule has 2 aromatic rings. The quantitative estimate of drug-likeness (QED) is 0.819. The number of ether oxygens (including phenoxy) is 1. The fourth-order valence-electron chi connectivity index (χ4n) is 2.34. The highest BCUT2D eigenvalue weighted by molar-refractivity contribution is 6.22. The summed E-state index contributed by atoms with van der Waals surface area (Å²) in [7, 11) is 0. The standard InChI is InChI=1S/C17H14FNO3/c1-11-2-6-13(7-3-11)19-16(20)10-15(17(19)21)22-14-8-4-12(18)5-9-14/h2-9,15H,10H2,1H3. The highest BCUT2D eigenvalue weighted by atomic mass is 19.1. The number of hydrogen-bond donors (Lipinski definition) is 0. The summed E-state index contributed by atoms with van der Waals surface area (Å²) in [6.45, 7) is 1.93. The van der Waals surface area contributed by atoms with Crippen molar-refractivity contribution in [3.05, 3.63) is 59.9 Å². The molecule has 2 amide bonds. The van der Waals surface area contributed by atoms with Gasteiger partial charge in [-0.1, -0.05) is 17.7 Å². The first kappa shape index (κ1) is 14.3. The zero-order valence-corrected chi connectivity index (χ0v) is 12.0. The Morgan fingerprint density at radius 3 is 2.32 bits per heavy atom. The third-order valence-electron chi connectivity index (χ3n) is 3.49. The lowest BCUT2D eigenvalue weighted by Crippen LogP contribution is -2.33. The van der Waals surface area contributed by atoms with E-state index in [4.69, 9.17) is 4.74 Å². The Hall–Kier alpha value is -2.69. The van der Waals surface area contributed by atoms with Gasteiger partial charge in [0.25, 0.3) is 5.91 Å². The van der Waals surface area contributed by atoms with Crippen LogP contribution in [0.15, 0.2) is 48.5 Å². The number of rotatable bonds is 3. The predicted octanol–water partition coefficient (Wildman–Crippen LogP) is 2.85. The van der Waals surface area contributed by atoms with Gasteiger partial charge in [-0.05, 0) is 43.3 Å². The number of hydrogen-bond acceptors (Lipinski definition) is 3. The average Bonchev–Trinajstić information content (AvgIpc) is 2.77. The summed E-state index contributed by atoms with van der Waals surface area (Å²) in [6.07, 6.45) is -0.899. The summed E-state index contributed by atoms with van der Waals surface area (Å²) in [6, 6.07) is 12.5. The Labute approximate surface area is 127 Å². The van der Waals surface area contributed by atoms with Crippen LogP contribution >= 0.6 is 0 Å². The second-order valence-corrected chi connectivity index (χ2v) is 5.17. The van der Waals surface area contributed by atoms with Gasteiger partial charge in [0.15, 0.2) is 6.10 Å². The molecule has 0 spiro atoms. The van der Waals surface area contributed by atoms with Crippen LogP contribution in [0.1, 0.15) is 12.0 Å². The van der Waals surface area contributed by atoms with Crippen molar-refractivity contribution < 1.29 is 18.7 Å². The van der Waals surface area contributed by atoms with Crippen LogP contribution in [0.4, 0.5) is 10.1 Å². The number of carbonyl (C=O) groups excluding carboxylic acids is 2. The third kappa shape index (κ3) is 2.70. The smallest absolute Gasteiger partial charge is 0.275 e. The lowest BCUT2D eigenvalue weighted by Gasteiger charge is -2.15. The maximum absolute atomic E-state index is 12.9. The van der Waals surface area contributed by atoms with Gasteiger partial charge in [-0.2, -0.15) is 0 Å². The molecule has 1 aliphatic rings. The molecule has 0 aliphatic carbocycles. The van der Waals surface area contributed by atoms with Crippen LogP contribution in [0.2, 0.25) is 0 Å². The highest BCUT2D eigenvalue weighted by Crippen LogP contribution is 2.26. The van der Waals surface area contributed by atoms with E-state index in [1.165, 1.54) is 24.3 Å². The molecule has 1 unspecified atom stereocenters. The van der Waals surface area contributed by atoms with E-state index in [9.17, 15) is 14.0 Å². The van der Waals surface area contributed by atoms with E-state index in [2.05, 4.69) is 0 Å². The molecule has 1 saturated heterocycles. The molecule has 0 radical (unpaired) electrons. The first-order chi connectivity index (χ1) is 10.5. The fraction of sp³-hybridized carbons (Fsp3) is 0.176. The zero-order chi connectivity index (χ0) is 15.7. The van der Waals surface area contributed by atoms with Gasteiger partial charge in [-0.25, -0.2) is 9.29 Å². The second-order valence-electron chi connectivity index (χ2n) is 5.17. The topological polar surface area (TPSA) is 46.6 Å². The Morgan fingerprint density at radius 1 is 1.05 bits per heavy atom. The Bertz CT molecular complexity index is 710. The summed E-state index contributed by atoms with van der Waals surface area (Å²) in [5, 5.41) is 0. The summed E-state index contributed by atoms with van der Waals surface area (Å²) in [5.41, 5.74) is 1.58. The molecule has 112 valence electrons. The van der Waals surface area contributed by atoms with Gasteiger partial charge in [-0.3, -0.25) is 9.59 Å². The zero-order valence-electron chi connectivity index (χ0n) is 12.0. The molecule has 2 aromatic carbocycles. The van der Waals surface area contributed by atoms with Crippen molar-refractivity contribution in [2.24, 2.45) is 0 Å². The van der Waals surface area contributed by atoms with Gasteiger partial charge in [0.2, 0.25) is 5.91 Å². The molecule has 1 fully saturated rings. The van der Waals surface area contributed by atoms with Gasteiger partial charge in [0.1, 0.15) is 11.6 Å². The van der Waals surface area contributed by atoms with Gasteiger partial charge >= 0.3 is 0 Å². The van der Waals surface area contributed by atoms with Crippen LogP contribution in [0.3, 0.4) is 0 Å². The van der Waals surface area contributed by atoms with E-state index in [0.717, 1.165) is 10.5 Å². The number of carbonyl (C=O) groups is 2. The van der Waals surface area contributed by atoms with E-state index < -0.39 is 12.0 Å². The summed E-state index contributed by atoms with van der Waals surface area (Å²) in [5.74, 6) is -0.736. The SMILES string of the molecule is Cc1ccc(N2C(=O)CC(Oc3ccc(F)cc3)C2=O)cc1. The number of aryl methyl sites for hydroxylation is 1. The lowest BCUT2D eigenvalue weighted by molar-refractivity contribution is -0.123. The number of amides is 2. The largest absolute Gasteiger partial charge is 0.480 e. The molecule has 0 bridgehead atoms. The first-order valence-electron chi connectivity index (χ1n) is 6.90. The molecule has 22 heavy (non-hydrogen) atoms. The number of imide groups is 1. The van der Waals surface area contributed by atoms with E-state index in [1.807, 2.05) is 19.1 Å². The molecule has 0 N–H and O–H groups in total. The fourth-order valence-corrected chi connectivity index (χ4v) is 2.34. The molecule has 3 rings (SSSR count). The monoisotopic (exact) mass is 299 g/mol. The van der Waals surface area contributed by atoms with Crippen molar-refractivity contribution in [2.45, 2.75) is 19.4 Å². The summed E-state index contributed by atoms with van der Waals surface area (Å²) < 4.78 is 18.4. The van der Waals surface area contributed by atoms with E-state index in [0.29, 0.717) is 11.4 Å². The minimum atomic E-state index is -0.876. The highest BCUT2D eigenvalue weighted by Gasteiger charge is 2.41. The van der Waals surface area contributed by atoms with Crippen molar-refractivity contribution >= 4 is 17.5 Å². The van der Waals surface area contributed by atoms with Gasteiger partial charge in [0.05, 0.1) is 12.1 Å². The Morgan fingerprint density at radius 2 is 1.68 bits per heavy atom. The van der Waals surface area contributed by atoms with Crippen molar-refractivity contribution in [3.8, 4) is 5.75 Å². The number of anilines is 1. The van der Waals surface area contributed by atoms with Crippen LogP contribution in [0.25, 0.3) is 0 Å². The summed E-state index contributed by atoms with van der Waals surface area (Å²) >= 11 is 0. The number of halogens is 1. The summed E-state index contributed by atoms with van der Waals surface area (Å²) in [4.78, 5) is 25.6. The van der Waals surface area contributed by atoms with Gasteiger partial charge in [0, 0.05) is 0 Å². The van der Waals surface area contributed by atoms with Crippen LogP contribution in [-0.4, -0.2) is 17.9 Å². The maximum Gasteiger partial charge on any atom is 0.275 e. The van der Waals surface area contributed by atoms with Crippen LogP contribution in [0, 0.1) is 12.7 Å². The molecule has 0 aromatic heterocycles. The maximum atomic E-state index is 12.9. The van der Waals surface area contributed by atoms with Crippen LogP contribution in [0.5, 0.6) is 5.75 Å². The van der Waals surface area contributed by atoms with Gasteiger partial charge in [-0.15, -0.1) is 0 Å². The number of nitrogens with zero attached hydrogens (tertiary/aromatic N) is 1. The third-order valence-corrected chi connectivity index (χ3v) is 3.49. The van der Waals surface area contributed by atoms with E-state index >= 15 is 0 Å². The van der Waals surface area contributed by atoms with Crippen molar-refractivity contribution in [3.63, 3.8) is 0 Å². The minimum absolute atomic E-state index is 0.0237. The van der Waals surface area contributed by atoms with E-state index in [-0.39, 0.29) is 18.1 Å². The van der Waals surface area contributed by atoms with Crippen molar-refractivity contribution in [2.75, 3.05) is 4.90 Å². The minimum Gasteiger partial charge on any atom is -0.480 e. The molecule has 1 heterocycles. The molecule has 5 heteroatoms. The van der Waals surface area contributed by atoms with E-state index in [1.54, 1.807) is 12.1 Å². The second kappa shape index (κ2) is 5.60. The van der Waals surface area contributed by atoms with Crippen molar-refractivity contribution in [1.82, 2.24) is 0 Å². The molecular weight excluding hydrogens is 285 g/mol. The lowest BCUT2D eigenvalue weighted by atomic mass is 10.2. The molecule has 0 saturated carbocycles. The normalized spacial score (nSPS) is 17.9. The average molecular weight is 299 g/mol. The molecule has 1 aliphatic heterocycles. The molecule has 1 atom stereocenters. The Kier molecular flexibility index (Phi) is 3.63. The van der Waals surface area contributed by atoms with Crippen LogP contribution in [-0.2, 0) is 9.59 Å². The van der Waals surface area contributed by atoms with Gasteiger partial charge < -0.3 is 4.74 Å². The Balaban J connectivity index is 1.79. The van der Waals surface area contributed by atoms with Crippen LogP contribution < -0.4 is 9.64 Å². The number of benzene rings is 2. The predicted molar refractivity (Wildman–Crippen MR) is 79.1 cm³/mol.